The molecule has 0 aliphatic heterocycles. The summed E-state index contributed by atoms with van der Waals surface area (Å²) in [6, 6.07) is 14.1. The van der Waals surface area contributed by atoms with Gasteiger partial charge in [-0.2, -0.15) is 0 Å². The van der Waals surface area contributed by atoms with Crippen molar-refractivity contribution in [2.45, 2.75) is 46.8 Å². The van der Waals surface area contributed by atoms with Crippen LogP contribution in [-0.2, 0) is 11.3 Å². The van der Waals surface area contributed by atoms with Crippen LogP contribution in [-0.4, -0.2) is 12.0 Å². The zero-order valence-electron chi connectivity index (χ0n) is 14.3. The maximum atomic E-state index is 12.4. The van der Waals surface area contributed by atoms with Crippen molar-refractivity contribution in [1.82, 2.24) is 5.32 Å². The fourth-order valence-electron chi connectivity index (χ4n) is 2.59. The highest BCUT2D eigenvalue weighted by Crippen LogP contribution is 2.18. The third-order valence-electron chi connectivity index (χ3n) is 3.85. The highest BCUT2D eigenvalue weighted by Gasteiger charge is 2.18. The summed E-state index contributed by atoms with van der Waals surface area (Å²) in [7, 11) is 0. The van der Waals surface area contributed by atoms with Crippen LogP contribution in [0, 0.1) is 20.8 Å². The maximum Gasteiger partial charge on any atom is 0.261 e. The molecular formula is C20H25NO2. The Labute approximate surface area is 138 Å². The molecule has 3 nitrogen and oxygen atoms in total. The Morgan fingerprint density at radius 3 is 2.35 bits per heavy atom. The monoisotopic (exact) mass is 311 g/mol. The second-order valence-corrected chi connectivity index (χ2v) is 5.98. The summed E-state index contributed by atoms with van der Waals surface area (Å²) in [6.07, 6.45) is 0.160. The molecule has 0 aromatic heterocycles. The molecule has 122 valence electrons. The first-order valence-electron chi connectivity index (χ1n) is 8.06. The molecule has 0 heterocycles. The van der Waals surface area contributed by atoms with E-state index in [0.717, 1.165) is 22.4 Å². The van der Waals surface area contributed by atoms with Crippen LogP contribution in [0.1, 0.15) is 35.6 Å². The van der Waals surface area contributed by atoms with Gasteiger partial charge in [-0.05, 0) is 61.6 Å². The van der Waals surface area contributed by atoms with E-state index in [0.29, 0.717) is 13.0 Å². The van der Waals surface area contributed by atoms with Crippen molar-refractivity contribution >= 4 is 5.91 Å². The maximum absolute atomic E-state index is 12.4. The zero-order chi connectivity index (χ0) is 16.8. The van der Waals surface area contributed by atoms with E-state index in [1.54, 1.807) is 0 Å². The van der Waals surface area contributed by atoms with Crippen molar-refractivity contribution in [1.29, 1.82) is 0 Å². The number of amides is 1. The summed E-state index contributed by atoms with van der Waals surface area (Å²) >= 11 is 0. The second kappa shape index (κ2) is 7.82. The molecule has 0 bridgehead atoms. The molecule has 1 N–H and O–H groups in total. The van der Waals surface area contributed by atoms with Crippen LogP contribution in [0.2, 0.25) is 0 Å². The summed E-state index contributed by atoms with van der Waals surface area (Å²) in [4.78, 5) is 12.4. The van der Waals surface area contributed by atoms with Gasteiger partial charge in [-0.25, -0.2) is 0 Å². The number of ether oxygens (including phenoxy) is 1. The van der Waals surface area contributed by atoms with E-state index in [2.05, 4.69) is 11.4 Å². The molecule has 0 fully saturated rings. The Balaban J connectivity index is 1.99. The number of nitrogens with one attached hydrogen (secondary N) is 1. The van der Waals surface area contributed by atoms with Gasteiger partial charge in [0, 0.05) is 6.54 Å². The van der Waals surface area contributed by atoms with Crippen molar-refractivity contribution in [3.05, 3.63) is 64.7 Å². The molecule has 2 rings (SSSR count). The van der Waals surface area contributed by atoms with Gasteiger partial charge in [-0.3, -0.25) is 4.79 Å². The number of carbonyl (C=O) groups is 1. The highest BCUT2D eigenvalue weighted by molar-refractivity contribution is 5.81. The number of aryl methyl sites for hydroxylation is 3. The lowest BCUT2D eigenvalue weighted by Crippen LogP contribution is -2.37. The topological polar surface area (TPSA) is 38.3 Å². The molecule has 1 atom stereocenters. The SMILES string of the molecule is CC[C@@H](Oc1cc(C)cc(C)c1)C(=O)NCc1ccccc1C. The third kappa shape index (κ3) is 4.85. The lowest BCUT2D eigenvalue weighted by Gasteiger charge is -2.18. The number of hydrogen-bond donors (Lipinski definition) is 1. The standard InChI is InChI=1S/C20H25NO2/c1-5-19(23-18-11-14(2)10-15(3)12-18)20(22)21-13-17-9-7-6-8-16(17)4/h6-12,19H,5,13H2,1-4H3,(H,21,22)/t19-/m1/s1. The van der Waals surface area contributed by atoms with E-state index in [9.17, 15) is 4.79 Å². The molecule has 23 heavy (non-hydrogen) atoms. The van der Waals surface area contributed by atoms with E-state index in [1.807, 2.05) is 64.1 Å². The average molecular weight is 311 g/mol. The number of benzene rings is 2. The molecule has 0 saturated carbocycles. The van der Waals surface area contributed by atoms with E-state index < -0.39 is 6.10 Å². The minimum atomic E-state index is -0.472. The molecule has 3 heteroatoms. The minimum Gasteiger partial charge on any atom is -0.481 e. The Hall–Kier alpha value is -2.29. The van der Waals surface area contributed by atoms with Crippen LogP contribution in [0.5, 0.6) is 5.75 Å². The molecule has 0 aliphatic rings. The number of carbonyl (C=O) groups excluding carboxylic acids is 1. The molecule has 0 aliphatic carbocycles. The smallest absolute Gasteiger partial charge is 0.261 e. The minimum absolute atomic E-state index is 0.0742. The van der Waals surface area contributed by atoms with E-state index in [-0.39, 0.29) is 5.91 Å². The molecule has 0 saturated heterocycles. The van der Waals surface area contributed by atoms with Gasteiger partial charge >= 0.3 is 0 Å². The second-order valence-electron chi connectivity index (χ2n) is 5.98. The van der Waals surface area contributed by atoms with E-state index in [4.69, 9.17) is 4.74 Å². The first-order chi connectivity index (χ1) is 11.0. The van der Waals surface area contributed by atoms with Crippen LogP contribution in [0.25, 0.3) is 0 Å². The lowest BCUT2D eigenvalue weighted by atomic mass is 10.1. The summed E-state index contributed by atoms with van der Waals surface area (Å²) in [5.74, 6) is 0.676. The highest BCUT2D eigenvalue weighted by atomic mass is 16.5. The first kappa shape index (κ1) is 17.1. The van der Waals surface area contributed by atoms with Crippen LogP contribution in [0.4, 0.5) is 0 Å². The van der Waals surface area contributed by atoms with Crippen molar-refractivity contribution in [2.75, 3.05) is 0 Å². The quantitative estimate of drug-likeness (QED) is 0.872. The molecule has 0 unspecified atom stereocenters. The predicted molar refractivity (Wildman–Crippen MR) is 93.6 cm³/mol. The van der Waals surface area contributed by atoms with Gasteiger partial charge in [-0.15, -0.1) is 0 Å². The fourth-order valence-corrected chi connectivity index (χ4v) is 2.59. The first-order valence-corrected chi connectivity index (χ1v) is 8.06. The Bertz CT molecular complexity index is 659. The number of rotatable bonds is 6. The fraction of sp³-hybridized carbons (Fsp3) is 0.350. The third-order valence-corrected chi connectivity index (χ3v) is 3.85. The van der Waals surface area contributed by atoms with E-state index >= 15 is 0 Å². The molecule has 0 spiro atoms. The summed E-state index contributed by atoms with van der Waals surface area (Å²) in [5, 5.41) is 2.98. The van der Waals surface area contributed by atoms with Gasteiger partial charge in [0.2, 0.25) is 0 Å². The van der Waals surface area contributed by atoms with Gasteiger partial charge in [0.15, 0.2) is 6.10 Å². The predicted octanol–water partition coefficient (Wildman–Crippen LogP) is 4.09. The van der Waals surface area contributed by atoms with Gasteiger partial charge in [0.1, 0.15) is 5.75 Å². The van der Waals surface area contributed by atoms with Crippen molar-refractivity contribution in [3.8, 4) is 5.75 Å². The van der Waals surface area contributed by atoms with Crippen LogP contribution in [0.15, 0.2) is 42.5 Å². The summed E-state index contributed by atoms with van der Waals surface area (Å²) in [5.41, 5.74) is 4.57. The summed E-state index contributed by atoms with van der Waals surface area (Å²) < 4.78 is 5.89. The van der Waals surface area contributed by atoms with Crippen LogP contribution < -0.4 is 10.1 Å². The van der Waals surface area contributed by atoms with Gasteiger partial charge in [-0.1, -0.05) is 37.3 Å². The van der Waals surface area contributed by atoms with Crippen LogP contribution in [0.3, 0.4) is 0 Å². The average Bonchev–Trinajstić information content (AvgIpc) is 2.50. The van der Waals surface area contributed by atoms with Gasteiger partial charge < -0.3 is 10.1 Å². The molecule has 0 radical (unpaired) electrons. The van der Waals surface area contributed by atoms with Crippen molar-refractivity contribution < 1.29 is 9.53 Å². The zero-order valence-corrected chi connectivity index (χ0v) is 14.3. The summed E-state index contributed by atoms with van der Waals surface area (Å²) in [6.45, 7) is 8.59. The lowest BCUT2D eigenvalue weighted by molar-refractivity contribution is -0.128. The Morgan fingerprint density at radius 2 is 1.74 bits per heavy atom. The molecular weight excluding hydrogens is 286 g/mol. The Kier molecular flexibility index (Phi) is 5.80. The van der Waals surface area contributed by atoms with Crippen molar-refractivity contribution in [2.24, 2.45) is 0 Å². The van der Waals surface area contributed by atoms with Crippen LogP contribution >= 0.6 is 0 Å². The molecule has 2 aromatic carbocycles. The van der Waals surface area contributed by atoms with Crippen molar-refractivity contribution in [3.63, 3.8) is 0 Å². The van der Waals surface area contributed by atoms with Gasteiger partial charge in [0.05, 0.1) is 0 Å². The Morgan fingerprint density at radius 1 is 1.09 bits per heavy atom. The number of hydrogen-bond acceptors (Lipinski definition) is 2. The molecule has 1 amide bonds. The molecule has 2 aromatic rings. The largest absolute Gasteiger partial charge is 0.481 e. The van der Waals surface area contributed by atoms with E-state index in [1.165, 1.54) is 5.56 Å². The normalized spacial score (nSPS) is 11.8. The van der Waals surface area contributed by atoms with Gasteiger partial charge in [0.25, 0.3) is 5.91 Å².